The van der Waals surface area contributed by atoms with E-state index in [1.54, 1.807) is 24.2 Å². The number of nitrogens with zero attached hydrogens (tertiary/aromatic N) is 8. The van der Waals surface area contributed by atoms with Crippen LogP contribution in [0.15, 0.2) is 18.6 Å². The minimum absolute atomic E-state index is 0.0604. The summed E-state index contributed by atoms with van der Waals surface area (Å²) in [5, 5.41) is 17.7. The molecule has 0 aromatic carbocycles. The van der Waals surface area contributed by atoms with Gasteiger partial charge in [0.05, 0.1) is 17.5 Å². The van der Waals surface area contributed by atoms with Gasteiger partial charge in [-0.2, -0.15) is 10.4 Å². The molecule has 3 fully saturated rings. The molecule has 2 aromatic rings. The topological polar surface area (TPSA) is 136 Å². The fourth-order valence-electron chi connectivity index (χ4n) is 6.70. The van der Waals surface area contributed by atoms with Crippen LogP contribution in [0.5, 0.6) is 0 Å². The third kappa shape index (κ3) is 3.51. The number of fused-ring (bicyclic) bond motifs is 2. The molecule has 2 aromatic heterocycles. The molecule has 0 radical (unpaired) electrons. The molecular formula is C26H32N8O3S. The maximum atomic E-state index is 13.6. The molecule has 0 N–H and O–H groups in total. The van der Waals surface area contributed by atoms with E-state index in [1.165, 1.54) is 6.20 Å². The Balaban J connectivity index is 1.34. The van der Waals surface area contributed by atoms with Crippen molar-refractivity contribution in [3.8, 4) is 6.07 Å². The van der Waals surface area contributed by atoms with E-state index >= 15 is 0 Å². The summed E-state index contributed by atoms with van der Waals surface area (Å²) in [5.41, 5.74) is 1.44. The van der Waals surface area contributed by atoms with E-state index in [-0.39, 0.29) is 29.2 Å². The van der Waals surface area contributed by atoms with Crippen molar-refractivity contribution in [3.05, 3.63) is 29.7 Å². The minimum atomic E-state index is -3.46. The summed E-state index contributed by atoms with van der Waals surface area (Å²) in [5.74, 6) is 2.06. The second kappa shape index (κ2) is 8.59. The average Bonchev–Trinajstić information content (AvgIpc) is 3.39. The first-order valence-corrected chi connectivity index (χ1v) is 14.9. The lowest BCUT2D eigenvalue weighted by molar-refractivity contribution is -0.136. The second-order valence-electron chi connectivity index (χ2n) is 11.5. The lowest BCUT2D eigenvalue weighted by Gasteiger charge is -2.48. The number of hydrogen-bond acceptors (Lipinski definition) is 10. The van der Waals surface area contributed by atoms with Gasteiger partial charge >= 0.3 is 0 Å². The number of aromatic nitrogens is 4. The molecule has 0 bridgehead atoms. The van der Waals surface area contributed by atoms with Gasteiger partial charge in [-0.05, 0) is 46.5 Å². The Morgan fingerprint density at radius 3 is 2.53 bits per heavy atom. The highest BCUT2D eigenvalue weighted by Gasteiger charge is 2.54. The first kappa shape index (κ1) is 25.0. The average molecular weight is 537 g/mol. The Bertz CT molecular complexity index is 1450. The quantitative estimate of drug-likeness (QED) is 0.573. The molecule has 4 aliphatic rings. The Morgan fingerprint density at radius 1 is 1.11 bits per heavy atom. The minimum Gasteiger partial charge on any atom is -0.350 e. The lowest BCUT2D eigenvalue weighted by atomic mass is 9.66. The molecule has 11 nitrogen and oxygen atoms in total. The molecule has 1 spiro atoms. The maximum absolute atomic E-state index is 13.6. The zero-order valence-electron chi connectivity index (χ0n) is 22.0. The van der Waals surface area contributed by atoms with Crippen molar-refractivity contribution in [2.24, 2.45) is 0 Å². The number of sulfone groups is 1. The van der Waals surface area contributed by atoms with Crippen molar-refractivity contribution in [2.45, 2.75) is 75.1 Å². The second-order valence-corrected chi connectivity index (χ2v) is 14.0. The molecule has 5 heterocycles. The summed E-state index contributed by atoms with van der Waals surface area (Å²) in [6, 6.07) is 3.64. The highest BCUT2D eigenvalue weighted by Crippen LogP contribution is 2.56. The highest BCUT2D eigenvalue weighted by atomic mass is 32.2. The maximum Gasteiger partial charge on any atom is 0.244 e. The number of hydrogen-bond donors (Lipinski definition) is 0. The van der Waals surface area contributed by atoms with E-state index in [1.807, 2.05) is 11.8 Å². The van der Waals surface area contributed by atoms with Gasteiger partial charge in [0.15, 0.2) is 15.7 Å². The molecule has 38 heavy (non-hydrogen) atoms. The van der Waals surface area contributed by atoms with Crippen LogP contribution in [0.3, 0.4) is 0 Å². The Kier molecular flexibility index (Phi) is 5.65. The first-order chi connectivity index (χ1) is 18.1. The van der Waals surface area contributed by atoms with Crippen LogP contribution >= 0.6 is 0 Å². The standard InChI is InChI=1S/C26H32N8O3S/c1-17-14-33(24(35)25(3)6-5-9-38(25,36)37)18(2)13-32(17)22-21-23(29-16-28-22)34(15-26(21)7-4-8-26)20-10-19(11-27)12-30-31-20/h10,12,16-18H,4-9,13-15H2,1-3H3/t17-,18+,25?/m0/s1. The molecule has 6 rings (SSSR count). The molecule has 200 valence electrons. The van der Waals surface area contributed by atoms with Gasteiger partial charge in [0.1, 0.15) is 28.8 Å². The summed E-state index contributed by atoms with van der Waals surface area (Å²) < 4.78 is 24.2. The molecule has 1 unspecified atom stereocenters. The molecule has 1 saturated carbocycles. The van der Waals surface area contributed by atoms with Crippen LogP contribution in [0, 0.1) is 11.3 Å². The summed E-state index contributed by atoms with van der Waals surface area (Å²) in [6.45, 7) is 7.32. The van der Waals surface area contributed by atoms with Crippen molar-refractivity contribution in [2.75, 3.05) is 35.2 Å². The summed E-state index contributed by atoms with van der Waals surface area (Å²) in [4.78, 5) is 29.1. The smallest absolute Gasteiger partial charge is 0.244 e. The Hall–Kier alpha value is -3.33. The number of carbonyl (C=O) groups is 1. The van der Waals surface area contributed by atoms with Crippen LogP contribution in [0.25, 0.3) is 0 Å². The number of carbonyl (C=O) groups excluding carboxylic acids is 1. The van der Waals surface area contributed by atoms with Crippen LogP contribution in [0.1, 0.15) is 64.0 Å². The number of amides is 1. The summed E-state index contributed by atoms with van der Waals surface area (Å²) in [7, 11) is -3.46. The normalized spacial score (nSPS) is 29.2. The fourth-order valence-corrected chi connectivity index (χ4v) is 8.51. The van der Waals surface area contributed by atoms with E-state index in [2.05, 4.69) is 33.1 Å². The van der Waals surface area contributed by atoms with Crippen molar-refractivity contribution in [3.63, 3.8) is 0 Å². The third-order valence-corrected chi connectivity index (χ3v) is 11.7. The van der Waals surface area contributed by atoms with Crippen molar-refractivity contribution in [1.82, 2.24) is 25.1 Å². The molecule has 1 amide bonds. The van der Waals surface area contributed by atoms with Crippen LogP contribution in [0.2, 0.25) is 0 Å². The van der Waals surface area contributed by atoms with Crippen LogP contribution in [-0.4, -0.2) is 81.6 Å². The number of anilines is 3. The van der Waals surface area contributed by atoms with E-state index in [4.69, 9.17) is 4.98 Å². The number of rotatable bonds is 3. The molecule has 3 atom stereocenters. The Morgan fingerprint density at radius 2 is 1.87 bits per heavy atom. The Labute approximate surface area is 222 Å². The van der Waals surface area contributed by atoms with E-state index in [0.29, 0.717) is 43.9 Å². The summed E-state index contributed by atoms with van der Waals surface area (Å²) in [6.07, 6.45) is 7.08. The van der Waals surface area contributed by atoms with Gasteiger partial charge in [0, 0.05) is 48.8 Å². The zero-order chi connectivity index (χ0) is 26.9. The predicted octanol–water partition coefficient (Wildman–Crippen LogP) is 2.10. The fraction of sp³-hybridized carbons (Fsp3) is 0.615. The number of nitriles is 1. The van der Waals surface area contributed by atoms with Gasteiger partial charge in [0.25, 0.3) is 0 Å². The van der Waals surface area contributed by atoms with Crippen molar-refractivity contribution >= 4 is 33.2 Å². The van der Waals surface area contributed by atoms with E-state index < -0.39 is 14.6 Å². The van der Waals surface area contributed by atoms with Gasteiger partial charge in [-0.1, -0.05) is 6.42 Å². The molecule has 12 heteroatoms. The lowest BCUT2D eigenvalue weighted by Crippen LogP contribution is -2.63. The first-order valence-electron chi connectivity index (χ1n) is 13.3. The zero-order valence-corrected chi connectivity index (χ0v) is 22.8. The number of piperazine rings is 1. The van der Waals surface area contributed by atoms with Gasteiger partial charge in [0.2, 0.25) is 5.91 Å². The van der Waals surface area contributed by atoms with Crippen molar-refractivity contribution < 1.29 is 13.2 Å². The van der Waals surface area contributed by atoms with Gasteiger partial charge in [-0.25, -0.2) is 18.4 Å². The monoisotopic (exact) mass is 536 g/mol. The van der Waals surface area contributed by atoms with Crippen molar-refractivity contribution in [1.29, 1.82) is 5.26 Å². The SMILES string of the molecule is C[C@@H]1CN(c2ncnc3c2C2(CCC2)CN3c2cc(C#N)cnn2)[C@@H](C)CN1C(=O)C1(C)CCCS1(=O)=O. The van der Waals surface area contributed by atoms with Gasteiger partial charge < -0.3 is 14.7 Å². The largest absolute Gasteiger partial charge is 0.350 e. The summed E-state index contributed by atoms with van der Waals surface area (Å²) >= 11 is 0. The van der Waals surface area contributed by atoms with Crippen LogP contribution in [-0.2, 0) is 20.0 Å². The molecule has 3 aliphatic heterocycles. The third-order valence-electron chi connectivity index (χ3n) is 9.14. The molecule has 1 aliphatic carbocycles. The van der Waals surface area contributed by atoms with Crippen LogP contribution in [0.4, 0.5) is 17.5 Å². The predicted molar refractivity (Wildman–Crippen MR) is 141 cm³/mol. The van der Waals surface area contributed by atoms with E-state index in [9.17, 15) is 18.5 Å². The van der Waals surface area contributed by atoms with E-state index in [0.717, 1.165) is 36.5 Å². The molecular weight excluding hydrogens is 504 g/mol. The molecule has 2 saturated heterocycles. The van der Waals surface area contributed by atoms with Crippen LogP contribution < -0.4 is 9.80 Å². The van der Waals surface area contributed by atoms with Gasteiger partial charge in [-0.15, -0.1) is 5.10 Å². The highest BCUT2D eigenvalue weighted by molar-refractivity contribution is 7.93. The van der Waals surface area contributed by atoms with Gasteiger partial charge in [-0.3, -0.25) is 4.79 Å².